The molecule has 0 radical (unpaired) electrons. The van der Waals surface area contributed by atoms with E-state index in [0.29, 0.717) is 12.8 Å². The highest BCUT2D eigenvalue weighted by molar-refractivity contribution is 5.82. The number of rotatable bonds is 8. The van der Waals surface area contributed by atoms with Gasteiger partial charge in [0.2, 0.25) is 5.91 Å². The number of ether oxygens (including phenoxy) is 1. The van der Waals surface area contributed by atoms with Crippen molar-refractivity contribution in [2.45, 2.75) is 50.6 Å². The molecule has 0 aromatic heterocycles. The quantitative estimate of drug-likeness (QED) is 0.509. The monoisotopic (exact) mass is 462 g/mol. The Labute approximate surface area is 199 Å². The number of hydrogen-bond acceptors (Lipinski definition) is 4. The Morgan fingerprint density at radius 1 is 1.00 bits per heavy atom. The zero-order valence-corrected chi connectivity index (χ0v) is 19.4. The summed E-state index contributed by atoms with van der Waals surface area (Å²) in [5.41, 5.74) is 4.03. The van der Waals surface area contributed by atoms with E-state index in [4.69, 9.17) is 9.84 Å². The first kappa shape index (κ1) is 23.5. The molecule has 7 heteroatoms. The van der Waals surface area contributed by atoms with E-state index in [0.717, 1.165) is 11.1 Å². The van der Waals surface area contributed by atoms with Crippen molar-refractivity contribution in [3.63, 3.8) is 0 Å². The summed E-state index contributed by atoms with van der Waals surface area (Å²) in [6, 6.07) is 16.0. The van der Waals surface area contributed by atoms with Crippen LogP contribution in [0.1, 0.15) is 50.2 Å². The molecule has 4 rings (SSSR count). The van der Waals surface area contributed by atoms with Crippen LogP contribution in [0.5, 0.6) is 0 Å². The van der Waals surface area contributed by atoms with Crippen LogP contribution in [-0.4, -0.2) is 41.3 Å². The predicted molar refractivity (Wildman–Crippen MR) is 128 cm³/mol. The van der Waals surface area contributed by atoms with Crippen molar-refractivity contribution < 1.29 is 24.2 Å². The lowest BCUT2D eigenvalue weighted by molar-refractivity contribution is -0.138. The lowest BCUT2D eigenvalue weighted by Gasteiger charge is -2.27. The van der Waals surface area contributed by atoms with Crippen LogP contribution < -0.4 is 10.6 Å². The van der Waals surface area contributed by atoms with Gasteiger partial charge in [0.25, 0.3) is 0 Å². The average molecular weight is 463 g/mol. The maximum absolute atomic E-state index is 12.6. The molecule has 0 fully saturated rings. The fourth-order valence-electron chi connectivity index (χ4n) is 4.70. The van der Waals surface area contributed by atoms with Gasteiger partial charge in [-0.05, 0) is 48.9 Å². The minimum atomic E-state index is -0.893. The second-order valence-electron chi connectivity index (χ2n) is 9.57. The van der Waals surface area contributed by atoms with Crippen LogP contribution in [-0.2, 0) is 14.3 Å². The highest BCUT2D eigenvalue weighted by Crippen LogP contribution is 2.44. The number of nitrogens with one attached hydrogen (secondary N) is 2. The minimum absolute atomic E-state index is 0.0103. The molecule has 0 spiro atoms. The average Bonchev–Trinajstić information content (AvgIpc) is 3.39. The molecule has 178 valence electrons. The number of carbonyl (C=O) groups excluding carboxylic acids is 2. The number of carboxylic acids is 1. The lowest BCUT2D eigenvalue weighted by atomic mass is 9.96. The van der Waals surface area contributed by atoms with E-state index in [1.807, 2.05) is 24.3 Å². The Morgan fingerprint density at radius 3 is 2.24 bits per heavy atom. The van der Waals surface area contributed by atoms with Crippen molar-refractivity contribution in [2.24, 2.45) is 5.92 Å². The molecule has 0 saturated heterocycles. The van der Waals surface area contributed by atoms with Gasteiger partial charge >= 0.3 is 12.1 Å². The van der Waals surface area contributed by atoms with Crippen molar-refractivity contribution in [2.75, 3.05) is 6.61 Å². The number of hydrogen-bond donors (Lipinski definition) is 3. The summed E-state index contributed by atoms with van der Waals surface area (Å²) in [5, 5.41) is 14.6. The predicted octanol–water partition coefficient (Wildman–Crippen LogP) is 4.23. The molecule has 34 heavy (non-hydrogen) atoms. The van der Waals surface area contributed by atoms with Gasteiger partial charge in [0.15, 0.2) is 0 Å². The highest BCUT2D eigenvalue weighted by atomic mass is 16.5. The van der Waals surface area contributed by atoms with Gasteiger partial charge in [0.05, 0.1) is 12.0 Å². The van der Waals surface area contributed by atoms with Crippen LogP contribution in [0.25, 0.3) is 11.1 Å². The van der Waals surface area contributed by atoms with Crippen LogP contribution in [0.4, 0.5) is 4.79 Å². The molecule has 3 N–H and O–H groups in total. The van der Waals surface area contributed by atoms with Crippen molar-refractivity contribution in [1.82, 2.24) is 10.6 Å². The normalized spacial score (nSPS) is 18.8. The molecule has 0 aliphatic heterocycles. The van der Waals surface area contributed by atoms with Gasteiger partial charge in [-0.15, -0.1) is 0 Å². The topological polar surface area (TPSA) is 105 Å². The van der Waals surface area contributed by atoms with Gasteiger partial charge in [-0.1, -0.05) is 60.7 Å². The number of aliphatic carboxylic acids is 1. The molecule has 2 aromatic rings. The van der Waals surface area contributed by atoms with E-state index in [1.165, 1.54) is 11.1 Å². The molecule has 2 aliphatic rings. The highest BCUT2D eigenvalue weighted by Gasteiger charge is 2.31. The van der Waals surface area contributed by atoms with Gasteiger partial charge in [-0.3, -0.25) is 9.59 Å². The summed E-state index contributed by atoms with van der Waals surface area (Å²) in [5.74, 6) is -1.47. The number of fused-ring (bicyclic) bond motifs is 3. The van der Waals surface area contributed by atoms with Gasteiger partial charge < -0.3 is 20.5 Å². The third-order valence-corrected chi connectivity index (χ3v) is 6.49. The Balaban J connectivity index is 1.28. The van der Waals surface area contributed by atoms with Crippen LogP contribution in [0.15, 0.2) is 60.7 Å². The fraction of sp³-hybridized carbons (Fsp3) is 0.370. The first-order chi connectivity index (χ1) is 16.2. The summed E-state index contributed by atoms with van der Waals surface area (Å²) in [6.07, 6.45) is 3.82. The zero-order chi connectivity index (χ0) is 24.3. The van der Waals surface area contributed by atoms with Crippen LogP contribution in [0.3, 0.4) is 0 Å². The van der Waals surface area contributed by atoms with E-state index >= 15 is 0 Å². The third-order valence-electron chi connectivity index (χ3n) is 6.49. The second kappa shape index (κ2) is 9.71. The molecule has 2 atom stereocenters. The van der Waals surface area contributed by atoms with Crippen LogP contribution in [0, 0.1) is 5.92 Å². The maximum atomic E-state index is 12.6. The van der Waals surface area contributed by atoms with Crippen molar-refractivity contribution in [1.29, 1.82) is 0 Å². The number of benzene rings is 2. The first-order valence-electron chi connectivity index (χ1n) is 11.6. The van der Waals surface area contributed by atoms with Crippen molar-refractivity contribution >= 4 is 18.0 Å². The molecule has 2 unspecified atom stereocenters. The standard InChI is InChI=1S/C27H30N2O5/c1-27(2,14-13-24(30)31)29-25(32)17-11-12-18(15-17)28-26(33)34-16-23-21-9-5-3-7-19(21)20-8-4-6-10-22(20)23/h3-12,17-18,23H,13-16H2,1-2H3,(H,28,33)(H,29,32)(H,30,31). The molecule has 2 aliphatic carbocycles. The van der Waals surface area contributed by atoms with Gasteiger partial charge in [0.1, 0.15) is 6.61 Å². The van der Waals surface area contributed by atoms with Crippen LogP contribution in [0.2, 0.25) is 0 Å². The molecule has 0 heterocycles. The number of alkyl carbamates (subject to hydrolysis) is 1. The molecular weight excluding hydrogens is 432 g/mol. The Morgan fingerprint density at radius 2 is 1.62 bits per heavy atom. The Bertz CT molecular complexity index is 1080. The molecule has 2 amide bonds. The van der Waals surface area contributed by atoms with Crippen molar-refractivity contribution in [3.8, 4) is 11.1 Å². The summed E-state index contributed by atoms with van der Waals surface area (Å²) >= 11 is 0. The smallest absolute Gasteiger partial charge is 0.407 e. The molecule has 0 bridgehead atoms. The third kappa shape index (κ3) is 5.30. The molecule has 7 nitrogen and oxygen atoms in total. The summed E-state index contributed by atoms with van der Waals surface area (Å²) in [7, 11) is 0. The first-order valence-corrected chi connectivity index (χ1v) is 11.6. The zero-order valence-electron chi connectivity index (χ0n) is 19.4. The van der Waals surface area contributed by atoms with Gasteiger partial charge in [-0.2, -0.15) is 0 Å². The molecule has 2 aromatic carbocycles. The second-order valence-corrected chi connectivity index (χ2v) is 9.57. The summed E-state index contributed by atoms with van der Waals surface area (Å²) in [4.78, 5) is 35.9. The van der Waals surface area contributed by atoms with E-state index in [-0.39, 0.29) is 36.8 Å². The summed E-state index contributed by atoms with van der Waals surface area (Å²) in [6.45, 7) is 3.84. The SMILES string of the molecule is CC(C)(CCC(=O)O)NC(=O)C1C=CC(NC(=O)OCC2c3ccccc3-c3ccccc32)C1. The molecule has 0 saturated carbocycles. The van der Waals surface area contributed by atoms with E-state index in [1.54, 1.807) is 26.0 Å². The van der Waals surface area contributed by atoms with Crippen LogP contribution >= 0.6 is 0 Å². The Hall–Kier alpha value is -3.61. The number of amides is 2. The minimum Gasteiger partial charge on any atom is -0.481 e. The van der Waals surface area contributed by atoms with Crippen molar-refractivity contribution in [3.05, 3.63) is 71.8 Å². The number of carboxylic acid groups (broad SMARTS) is 1. The number of carbonyl (C=O) groups is 3. The van der Waals surface area contributed by atoms with Gasteiger partial charge in [-0.25, -0.2) is 4.79 Å². The molecular formula is C27H30N2O5. The summed E-state index contributed by atoms with van der Waals surface area (Å²) < 4.78 is 5.59. The lowest BCUT2D eigenvalue weighted by Crippen LogP contribution is -2.46. The van der Waals surface area contributed by atoms with E-state index in [2.05, 4.69) is 34.9 Å². The maximum Gasteiger partial charge on any atom is 0.407 e. The largest absolute Gasteiger partial charge is 0.481 e. The van der Waals surface area contributed by atoms with E-state index in [9.17, 15) is 14.4 Å². The van der Waals surface area contributed by atoms with E-state index < -0.39 is 17.6 Å². The van der Waals surface area contributed by atoms with Gasteiger partial charge in [0, 0.05) is 17.9 Å². The fourth-order valence-corrected chi connectivity index (χ4v) is 4.70. The Kier molecular flexibility index (Phi) is 6.72.